The van der Waals surface area contributed by atoms with E-state index < -0.39 is 0 Å². The van der Waals surface area contributed by atoms with Crippen LogP contribution in [0.1, 0.15) is 20.3 Å². The fraction of sp³-hybridized carbons (Fsp3) is 0.636. The summed E-state index contributed by atoms with van der Waals surface area (Å²) in [7, 11) is 1.77. The number of methoxy groups -OCH3 is 1. The van der Waals surface area contributed by atoms with Crippen LogP contribution in [0.3, 0.4) is 0 Å². The van der Waals surface area contributed by atoms with Crippen molar-refractivity contribution in [3.05, 3.63) is 16.0 Å². The summed E-state index contributed by atoms with van der Waals surface area (Å²) in [4.78, 5) is 8.49. The molecule has 1 fully saturated rings. The quantitative estimate of drug-likeness (QED) is 0.863. The van der Waals surface area contributed by atoms with Crippen LogP contribution in [0.25, 0.3) is 0 Å². The Labute approximate surface area is 109 Å². The number of ether oxygens (including phenoxy) is 1. The molecule has 0 radical (unpaired) electrons. The first-order chi connectivity index (χ1) is 7.54. The standard InChI is InChI=1S/C11H16IN3O/c1-11(2)8(4-9(11)16-3)15-10-13-5-7(12)6-14-10/h5-6,8-9H,4H2,1-3H3,(H,13,14,15). The van der Waals surface area contributed by atoms with E-state index >= 15 is 0 Å². The largest absolute Gasteiger partial charge is 0.381 e. The summed E-state index contributed by atoms with van der Waals surface area (Å²) in [5, 5.41) is 3.35. The van der Waals surface area contributed by atoms with E-state index in [9.17, 15) is 0 Å². The summed E-state index contributed by atoms with van der Waals surface area (Å²) in [5.41, 5.74) is 0.140. The highest BCUT2D eigenvalue weighted by molar-refractivity contribution is 14.1. The van der Waals surface area contributed by atoms with E-state index in [1.807, 2.05) is 12.4 Å². The number of hydrogen-bond donors (Lipinski definition) is 1. The van der Waals surface area contributed by atoms with Crippen LogP contribution < -0.4 is 5.32 Å². The molecule has 1 N–H and O–H groups in total. The Bertz CT molecular complexity index is 366. The van der Waals surface area contributed by atoms with E-state index in [-0.39, 0.29) is 5.41 Å². The second-order valence-corrected chi connectivity index (χ2v) is 5.95. The Kier molecular flexibility index (Phi) is 3.34. The van der Waals surface area contributed by atoms with Gasteiger partial charge < -0.3 is 10.1 Å². The number of anilines is 1. The zero-order valence-electron chi connectivity index (χ0n) is 9.70. The van der Waals surface area contributed by atoms with E-state index in [4.69, 9.17) is 4.74 Å². The maximum atomic E-state index is 5.41. The fourth-order valence-electron chi connectivity index (χ4n) is 2.07. The number of rotatable bonds is 3. The molecule has 16 heavy (non-hydrogen) atoms. The van der Waals surface area contributed by atoms with E-state index in [2.05, 4.69) is 51.7 Å². The lowest BCUT2D eigenvalue weighted by Crippen LogP contribution is -2.57. The molecule has 4 nitrogen and oxygen atoms in total. The van der Waals surface area contributed by atoms with Crippen molar-refractivity contribution in [2.75, 3.05) is 12.4 Å². The third kappa shape index (κ3) is 2.15. The van der Waals surface area contributed by atoms with Gasteiger partial charge in [0.2, 0.25) is 5.95 Å². The van der Waals surface area contributed by atoms with Gasteiger partial charge in [0.15, 0.2) is 0 Å². The lowest BCUT2D eigenvalue weighted by Gasteiger charge is -2.51. The van der Waals surface area contributed by atoms with E-state index in [0.29, 0.717) is 18.1 Å². The molecule has 0 aromatic carbocycles. The van der Waals surface area contributed by atoms with Crippen molar-refractivity contribution in [3.63, 3.8) is 0 Å². The van der Waals surface area contributed by atoms with Crippen LogP contribution in [-0.2, 0) is 4.74 Å². The van der Waals surface area contributed by atoms with Gasteiger partial charge in [-0.25, -0.2) is 9.97 Å². The number of halogens is 1. The van der Waals surface area contributed by atoms with Gasteiger partial charge in [0.1, 0.15) is 0 Å². The molecular weight excluding hydrogens is 317 g/mol. The lowest BCUT2D eigenvalue weighted by atomic mass is 9.64. The van der Waals surface area contributed by atoms with Gasteiger partial charge >= 0.3 is 0 Å². The summed E-state index contributed by atoms with van der Waals surface area (Å²) in [6, 6.07) is 0.387. The molecule has 0 spiro atoms. The van der Waals surface area contributed by atoms with Gasteiger partial charge in [0.05, 0.1) is 6.10 Å². The zero-order chi connectivity index (χ0) is 11.8. The minimum Gasteiger partial charge on any atom is -0.381 e. The molecule has 0 bridgehead atoms. The average Bonchev–Trinajstić information content (AvgIpc) is 2.26. The molecule has 1 aromatic rings. The Hall–Kier alpha value is -0.430. The molecule has 5 heteroatoms. The Morgan fingerprint density at radius 1 is 1.44 bits per heavy atom. The van der Waals surface area contributed by atoms with Crippen molar-refractivity contribution in [2.45, 2.75) is 32.4 Å². The van der Waals surface area contributed by atoms with Gasteiger partial charge in [0.25, 0.3) is 0 Å². The van der Waals surface area contributed by atoms with Crippen LogP contribution in [0.4, 0.5) is 5.95 Å². The first-order valence-corrected chi connectivity index (χ1v) is 6.39. The van der Waals surface area contributed by atoms with E-state index in [1.54, 1.807) is 7.11 Å². The topological polar surface area (TPSA) is 47.0 Å². The summed E-state index contributed by atoms with van der Waals surface area (Å²) in [6.45, 7) is 4.41. The highest BCUT2D eigenvalue weighted by Gasteiger charge is 2.48. The van der Waals surface area contributed by atoms with Gasteiger partial charge in [-0.2, -0.15) is 0 Å². The van der Waals surface area contributed by atoms with E-state index in [1.165, 1.54) is 0 Å². The maximum Gasteiger partial charge on any atom is 0.222 e. The van der Waals surface area contributed by atoms with Crippen LogP contribution in [-0.4, -0.2) is 29.2 Å². The minimum atomic E-state index is 0.140. The van der Waals surface area contributed by atoms with Crippen molar-refractivity contribution >= 4 is 28.5 Å². The van der Waals surface area contributed by atoms with Crippen molar-refractivity contribution in [1.82, 2.24) is 9.97 Å². The van der Waals surface area contributed by atoms with Crippen molar-refractivity contribution in [3.8, 4) is 0 Å². The molecule has 0 amide bonds. The first kappa shape index (κ1) is 12.0. The molecular formula is C11H16IN3O. The number of nitrogens with zero attached hydrogens (tertiary/aromatic N) is 2. The number of nitrogens with one attached hydrogen (secondary N) is 1. The molecule has 1 heterocycles. The molecule has 0 saturated heterocycles. The van der Waals surface area contributed by atoms with Crippen LogP contribution in [0.15, 0.2) is 12.4 Å². The monoisotopic (exact) mass is 333 g/mol. The third-order valence-electron chi connectivity index (χ3n) is 3.39. The second-order valence-electron chi connectivity index (χ2n) is 4.70. The second kappa shape index (κ2) is 4.44. The lowest BCUT2D eigenvalue weighted by molar-refractivity contribution is -0.0796. The average molecular weight is 333 g/mol. The summed E-state index contributed by atoms with van der Waals surface area (Å²) < 4.78 is 6.45. The molecule has 1 aliphatic rings. The highest BCUT2D eigenvalue weighted by atomic mass is 127. The minimum absolute atomic E-state index is 0.140. The molecule has 2 atom stereocenters. The third-order valence-corrected chi connectivity index (χ3v) is 3.94. The molecule has 1 aromatic heterocycles. The fourth-order valence-corrected chi connectivity index (χ4v) is 2.35. The SMILES string of the molecule is COC1CC(Nc2ncc(I)cn2)C1(C)C. The van der Waals surface area contributed by atoms with Crippen LogP contribution >= 0.6 is 22.6 Å². The van der Waals surface area contributed by atoms with E-state index in [0.717, 1.165) is 9.99 Å². The first-order valence-electron chi connectivity index (χ1n) is 5.31. The normalized spacial score (nSPS) is 27.2. The van der Waals surface area contributed by atoms with Crippen molar-refractivity contribution in [2.24, 2.45) is 5.41 Å². The maximum absolute atomic E-state index is 5.41. The van der Waals surface area contributed by atoms with Gasteiger partial charge in [-0.1, -0.05) is 13.8 Å². The summed E-state index contributed by atoms with van der Waals surface area (Å²) in [6.07, 6.45) is 4.97. The molecule has 1 saturated carbocycles. The van der Waals surface area contributed by atoms with Gasteiger partial charge in [-0.15, -0.1) is 0 Å². The summed E-state index contributed by atoms with van der Waals surface area (Å²) >= 11 is 2.20. The van der Waals surface area contributed by atoms with Gasteiger partial charge in [0, 0.05) is 34.5 Å². The summed E-state index contributed by atoms with van der Waals surface area (Å²) in [5.74, 6) is 0.702. The number of aromatic nitrogens is 2. The van der Waals surface area contributed by atoms with Crippen molar-refractivity contribution in [1.29, 1.82) is 0 Å². The van der Waals surface area contributed by atoms with Crippen LogP contribution in [0.2, 0.25) is 0 Å². The zero-order valence-corrected chi connectivity index (χ0v) is 11.9. The van der Waals surface area contributed by atoms with Crippen molar-refractivity contribution < 1.29 is 4.74 Å². The predicted octanol–water partition coefficient (Wildman–Crippen LogP) is 2.31. The number of hydrogen-bond acceptors (Lipinski definition) is 4. The Balaban J connectivity index is 1.99. The molecule has 1 aliphatic carbocycles. The van der Waals surface area contributed by atoms with Gasteiger partial charge in [-0.05, 0) is 29.0 Å². The van der Waals surface area contributed by atoms with Gasteiger partial charge in [-0.3, -0.25) is 0 Å². The highest BCUT2D eigenvalue weighted by Crippen LogP contribution is 2.43. The smallest absolute Gasteiger partial charge is 0.222 e. The Morgan fingerprint density at radius 2 is 2.06 bits per heavy atom. The van der Waals surface area contributed by atoms with Crippen LogP contribution in [0.5, 0.6) is 0 Å². The molecule has 88 valence electrons. The molecule has 2 rings (SSSR count). The molecule has 2 unspecified atom stereocenters. The van der Waals surface area contributed by atoms with Crippen LogP contribution in [0, 0.1) is 8.99 Å². The Morgan fingerprint density at radius 3 is 2.56 bits per heavy atom. The predicted molar refractivity (Wildman–Crippen MR) is 71.4 cm³/mol. The molecule has 0 aliphatic heterocycles.